The van der Waals surface area contributed by atoms with Crippen molar-refractivity contribution in [3.63, 3.8) is 0 Å². The molecule has 3 aliphatic carbocycles. The molecule has 3 saturated carbocycles. The smallest absolute Gasteiger partial charge is 0.372 e. The number of nitrogens with zero attached hydrogens (tertiary/aromatic N) is 1. The third kappa shape index (κ3) is 2.66. The predicted octanol–water partition coefficient (Wildman–Crippen LogP) is 3.40. The van der Waals surface area contributed by atoms with E-state index in [0.29, 0.717) is 6.42 Å². The van der Waals surface area contributed by atoms with Crippen molar-refractivity contribution >= 4 is 11.7 Å². The number of halogens is 4. The summed E-state index contributed by atoms with van der Waals surface area (Å²) < 4.78 is 59.2. The first-order valence-corrected chi connectivity index (χ1v) is 9.18. The molecule has 2 atom stereocenters. The van der Waals surface area contributed by atoms with E-state index in [0.717, 1.165) is 6.07 Å². The van der Waals surface area contributed by atoms with Crippen LogP contribution in [0, 0.1) is 29.5 Å². The van der Waals surface area contributed by atoms with E-state index in [1.807, 2.05) is 0 Å². The molecule has 4 aliphatic rings. The minimum atomic E-state index is -4.34. The number of amides is 1. The first-order valence-electron chi connectivity index (χ1n) is 9.18. The third-order valence-electron chi connectivity index (χ3n) is 6.53. The molecule has 5 rings (SSSR count). The van der Waals surface area contributed by atoms with Crippen molar-refractivity contribution < 1.29 is 31.9 Å². The Morgan fingerprint density at radius 2 is 1.93 bits per heavy atom. The van der Waals surface area contributed by atoms with Gasteiger partial charge in [-0.2, -0.15) is 13.2 Å². The van der Waals surface area contributed by atoms with Crippen LogP contribution in [-0.2, 0) is 9.53 Å². The highest BCUT2D eigenvalue weighted by atomic mass is 19.4. The maximum absolute atomic E-state index is 14.2. The summed E-state index contributed by atoms with van der Waals surface area (Å²) in [7, 11) is 0. The molecular weight excluding hydrogens is 380 g/mol. The Morgan fingerprint density at radius 1 is 1.29 bits per heavy atom. The molecule has 9 heteroatoms. The van der Waals surface area contributed by atoms with E-state index < -0.39 is 46.5 Å². The maximum Gasteiger partial charge on any atom is 0.394 e. The molecule has 1 aromatic rings. The van der Waals surface area contributed by atoms with Gasteiger partial charge >= 0.3 is 6.18 Å². The van der Waals surface area contributed by atoms with Crippen LogP contribution in [0.1, 0.15) is 60.0 Å². The monoisotopic (exact) mass is 400 g/mol. The molecule has 1 aliphatic heterocycles. The minimum absolute atomic E-state index is 0.0475. The number of pyridine rings is 1. The second-order valence-electron chi connectivity index (χ2n) is 8.39. The number of rotatable bonds is 4. The number of nitrogens with two attached hydrogens (primary N) is 1. The quantitative estimate of drug-likeness (QED) is 0.620. The van der Waals surface area contributed by atoms with Gasteiger partial charge in [-0.3, -0.25) is 14.6 Å². The fraction of sp³-hybridized carbons (Fsp3) is 0.632. The van der Waals surface area contributed by atoms with E-state index in [4.69, 9.17) is 10.5 Å². The van der Waals surface area contributed by atoms with Gasteiger partial charge in [-0.1, -0.05) is 0 Å². The van der Waals surface area contributed by atoms with Crippen LogP contribution in [-0.4, -0.2) is 29.5 Å². The van der Waals surface area contributed by atoms with Gasteiger partial charge in [0.25, 0.3) is 0 Å². The van der Waals surface area contributed by atoms with Gasteiger partial charge in [0, 0.05) is 23.5 Å². The second-order valence-corrected chi connectivity index (χ2v) is 8.39. The number of aromatic nitrogens is 1. The standard InChI is InChI=1S/C19H20F4N2O3/c1-9-12(20)5-11(14(25-9)13-4-10(16(24)27)2-3-28-13)15(26)17-6-18(7-17,8-17)19(21,22)23/h5,10,13H,2-4,6-8H2,1H3,(H2,24,27). The topological polar surface area (TPSA) is 82.3 Å². The highest BCUT2D eigenvalue weighted by Crippen LogP contribution is 2.79. The van der Waals surface area contributed by atoms with Crippen LogP contribution in [0.3, 0.4) is 0 Å². The Hall–Kier alpha value is -2.03. The Labute approximate surface area is 158 Å². The lowest BCUT2D eigenvalue weighted by atomic mass is 9.33. The van der Waals surface area contributed by atoms with Gasteiger partial charge in [0.1, 0.15) is 11.9 Å². The zero-order chi connectivity index (χ0) is 20.5. The van der Waals surface area contributed by atoms with Gasteiger partial charge in [-0.25, -0.2) is 4.39 Å². The summed E-state index contributed by atoms with van der Waals surface area (Å²) in [4.78, 5) is 28.8. The largest absolute Gasteiger partial charge is 0.394 e. The number of carbonyl (C=O) groups is 2. The van der Waals surface area contributed by atoms with Crippen LogP contribution in [0.25, 0.3) is 0 Å². The molecular formula is C19H20F4N2O3. The normalized spacial score (nSPS) is 34.3. The van der Waals surface area contributed by atoms with Crippen molar-refractivity contribution in [1.29, 1.82) is 0 Å². The first-order chi connectivity index (χ1) is 13.0. The first kappa shape index (κ1) is 19.3. The predicted molar refractivity (Wildman–Crippen MR) is 88.6 cm³/mol. The van der Waals surface area contributed by atoms with E-state index in [-0.39, 0.29) is 49.2 Å². The molecule has 2 unspecified atom stereocenters. The Balaban J connectivity index is 1.64. The summed E-state index contributed by atoms with van der Waals surface area (Å²) in [5, 5.41) is 0. The number of ether oxygens (including phenoxy) is 1. The molecule has 28 heavy (non-hydrogen) atoms. The zero-order valence-electron chi connectivity index (χ0n) is 15.2. The van der Waals surface area contributed by atoms with E-state index in [1.54, 1.807) is 0 Å². The Kier molecular flexibility index (Phi) is 4.12. The summed E-state index contributed by atoms with van der Waals surface area (Å²) >= 11 is 0. The van der Waals surface area contributed by atoms with Crippen LogP contribution in [0.4, 0.5) is 17.6 Å². The third-order valence-corrected chi connectivity index (χ3v) is 6.53. The van der Waals surface area contributed by atoms with Gasteiger partial charge in [0.2, 0.25) is 5.91 Å². The molecule has 4 fully saturated rings. The Bertz CT molecular complexity index is 848. The minimum Gasteiger partial charge on any atom is -0.372 e. The van der Waals surface area contributed by atoms with Crippen molar-refractivity contribution in [1.82, 2.24) is 4.98 Å². The lowest BCUT2D eigenvalue weighted by molar-refractivity contribution is -0.346. The van der Waals surface area contributed by atoms with Crippen molar-refractivity contribution in [3.05, 3.63) is 28.8 Å². The molecule has 2 N–H and O–H groups in total. The van der Waals surface area contributed by atoms with E-state index in [1.165, 1.54) is 6.92 Å². The van der Waals surface area contributed by atoms with Gasteiger partial charge in [-0.15, -0.1) is 0 Å². The van der Waals surface area contributed by atoms with Crippen LogP contribution < -0.4 is 5.73 Å². The molecule has 1 saturated heterocycles. The van der Waals surface area contributed by atoms with Crippen molar-refractivity contribution in [2.24, 2.45) is 22.5 Å². The number of alkyl halides is 3. The number of hydrogen-bond acceptors (Lipinski definition) is 4. The average Bonchev–Trinajstić information content (AvgIpc) is 2.53. The van der Waals surface area contributed by atoms with E-state index >= 15 is 0 Å². The number of ketones is 1. The summed E-state index contributed by atoms with van der Waals surface area (Å²) in [5.41, 5.74) is 2.68. The van der Waals surface area contributed by atoms with Gasteiger partial charge in [0.05, 0.1) is 16.8 Å². The highest BCUT2D eigenvalue weighted by molar-refractivity contribution is 6.03. The number of Topliss-reactive ketones (excluding diaryl/α,β-unsaturated/α-hetero) is 1. The summed E-state index contributed by atoms with van der Waals surface area (Å²) in [6, 6.07) is 1.04. The highest BCUT2D eigenvalue weighted by Gasteiger charge is 2.80. The maximum atomic E-state index is 14.2. The SMILES string of the molecule is Cc1nc(C2CC(C(N)=O)CCO2)c(C(=O)C23CC(C(F)(F)F)(C2)C3)cc1F. The fourth-order valence-electron chi connectivity index (χ4n) is 4.89. The zero-order valence-corrected chi connectivity index (χ0v) is 15.2. The van der Waals surface area contributed by atoms with Gasteiger partial charge in [0.15, 0.2) is 5.78 Å². The molecule has 152 valence electrons. The molecule has 1 amide bonds. The second kappa shape index (κ2) is 5.98. The molecule has 1 aromatic heterocycles. The molecule has 0 radical (unpaired) electrons. The van der Waals surface area contributed by atoms with E-state index in [9.17, 15) is 27.2 Å². The Morgan fingerprint density at radius 3 is 2.50 bits per heavy atom. The molecule has 5 nitrogen and oxygen atoms in total. The van der Waals surface area contributed by atoms with Crippen LogP contribution in [0.5, 0.6) is 0 Å². The lowest BCUT2D eigenvalue weighted by Gasteiger charge is -2.69. The van der Waals surface area contributed by atoms with Crippen molar-refractivity contribution in [2.75, 3.05) is 6.61 Å². The van der Waals surface area contributed by atoms with Crippen molar-refractivity contribution in [2.45, 2.75) is 51.3 Å². The molecule has 2 heterocycles. The number of aryl methyl sites for hydroxylation is 1. The number of primary amides is 1. The average molecular weight is 400 g/mol. The van der Waals surface area contributed by atoms with E-state index in [2.05, 4.69) is 4.98 Å². The number of hydrogen-bond donors (Lipinski definition) is 1. The molecule has 2 bridgehead atoms. The summed E-state index contributed by atoms with van der Waals surface area (Å²) in [5.74, 6) is -2.18. The van der Waals surface area contributed by atoms with Crippen LogP contribution in [0.15, 0.2) is 6.07 Å². The number of carbonyl (C=O) groups excluding carboxylic acids is 2. The van der Waals surface area contributed by atoms with Gasteiger partial charge < -0.3 is 10.5 Å². The summed E-state index contributed by atoms with van der Waals surface area (Å²) in [6.45, 7) is 1.66. The molecule has 0 aromatic carbocycles. The van der Waals surface area contributed by atoms with Crippen molar-refractivity contribution in [3.8, 4) is 0 Å². The molecule has 0 spiro atoms. The lowest BCUT2D eigenvalue weighted by Crippen LogP contribution is -2.71. The fourth-order valence-corrected chi connectivity index (χ4v) is 4.89. The summed E-state index contributed by atoms with van der Waals surface area (Å²) in [6.07, 6.45) is -5.24. The van der Waals surface area contributed by atoms with Crippen LogP contribution >= 0.6 is 0 Å². The van der Waals surface area contributed by atoms with Gasteiger partial charge in [-0.05, 0) is 45.1 Å². The van der Waals surface area contributed by atoms with Crippen LogP contribution in [0.2, 0.25) is 0 Å².